The van der Waals surface area contributed by atoms with E-state index < -0.39 is 0 Å². The van der Waals surface area contributed by atoms with E-state index in [1.54, 1.807) is 11.3 Å². The van der Waals surface area contributed by atoms with Gasteiger partial charge in [0.05, 0.1) is 38.0 Å². The van der Waals surface area contributed by atoms with Gasteiger partial charge in [-0.1, -0.05) is 68.4 Å². The topological polar surface area (TPSA) is 48.5 Å². The van der Waals surface area contributed by atoms with Crippen molar-refractivity contribution in [1.82, 2.24) is 24.1 Å². The number of aromatic nitrogens is 5. The monoisotopic (exact) mass is 725 g/mol. The molecule has 262 valence electrons. The summed E-state index contributed by atoms with van der Waals surface area (Å²) in [7, 11) is 0. The summed E-state index contributed by atoms with van der Waals surface area (Å²) in [6.07, 6.45) is 5.76. The third kappa shape index (κ3) is 5.02. The molecule has 0 aliphatic rings. The fraction of sp³-hybridized carbons (Fsp3) is 0.0816. The smallest absolute Gasteiger partial charge is 0.235 e. The van der Waals surface area contributed by atoms with E-state index in [4.69, 9.17) is 15.0 Å². The molecule has 6 heteroatoms. The number of thiophene rings is 1. The Balaban J connectivity index is 1.05. The first-order valence-corrected chi connectivity index (χ1v) is 19.8. The van der Waals surface area contributed by atoms with Crippen LogP contribution in [0, 0.1) is 0 Å². The van der Waals surface area contributed by atoms with E-state index in [0.717, 1.165) is 46.3 Å². The Morgan fingerprint density at radius 3 is 1.84 bits per heavy atom. The molecule has 0 spiro atoms. The molecule has 0 N–H and O–H groups in total. The molecule has 0 aliphatic carbocycles. The van der Waals surface area contributed by atoms with Crippen LogP contribution in [0.15, 0.2) is 152 Å². The fourth-order valence-corrected chi connectivity index (χ4v) is 9.50. The zero-order chi connectivity index (χ0) is 36.6. The molecule has 6 aromatic carbocycles. The van der Waals surface area contributed by atoms with E-state index in [2.05, 4.69) is 150 Å². The highest BCUT2D eigenvalue weighted by Crippen LogP contribution is 2.40. The number of benzene rings is 6. The number of pyridine rings is 1. The van der Waals surface area contributed by atoms with E-state index in [1.165, 1.54) is 69.6 Å². The van der Waals surface area contributed by atoms with Gasteiger partial charge >= 0.3 is 0 Å². The van der Waals surface area contributed by atoms with Crippen molar-refractivity contribution in [1.29, 1.82) is 0 Å². The molecule has 5 aromatic heterocycles. The van der Waals surface area contributed by atoms with E-state index >= 15 is 0 Å². The molecule has 5 heterocycles. The number of nitrogens with zero attached hydrogens (tertiary/aromatic N) is 5. The third-order valence-corrected chi connectivity index (χ3v) is 12.3. The minimum absolute atomic E-state index is 0.676. The predicted octanol–water partition coefficient (Wildman–Crippen LogP) is 12.9. The summed E-state index contributed by atoms with van der Waals surface area (Å²) in [6.45, 7) is 4.41. The molecule has 0 aliphatic heterocycles. The number of para-hydroxylation sites is 2. The first-order chi connectivity index (χ1) is 27.1. The largest absolute Gasteiger partial charge is 0.309 e. The second-order valence-electron chi connectivity index (χ2n) is 14.3. The van der Waals surface area contributed by atoms with Crippen LogP contribution in [0.5, 0.6) is 0 Å². The van der Waals surface area contributed by atoms with Crippen LogP contribution >= 0.6 is 11.3 Å². The Kier molecular flexibility index (Phi) is 7.22. The van der Waals surface area contributed by atoms with Gasteiger partial charge in [0.1, 0.15) is 0 Å². The average molecular weight is 726 g/mol. The minimum atomic E-state index is 0.676. The standard InChI is InChI=1S/C49H35N5S/c1-3-30-24-31(4-2)26-34(25-30)41-21-23-51-49(52-41)54-43-13-8-6-11-37(43)39-28-33(16-19-45(39)54)32-15-18-44-38(27-32)36-10-5-7-12-42(36)53(44)35-17-20-46-40(29-35)48-47(55-46)14-9-22-50-48/h5-29H,3-4H2,1-2H3. The van der Waals surface area contributed by atoms with Crippen molar-refractivity contribution in [3.05, 3.63) is 163 Å². The van der Waals surface area contributed by atoms with Gasteiger partial charge in [-0.25, -0.2) is 9.97 Å². The lowest BCUT2D eigenvalue weighted by atomic mass is 10.0. The van der Waals surface area contributed by atoms with Gasteiger partial charge in [-0.2, -0.15) is 0 Å². The number of aryl methyl sites for hydroxylation is 2. The molecule has 11 rings (SSSR count). The van der Waals surface area contributed by atoms with Crippen LogP contribution in [0.25, 0.3) is 97.9 Å². The second kappa shape index (κ2) is 12.5. The summed E-state index contributed by atoms with van der Waals surface area (Å²) in [5, 5.41) is 6.01. The molecule has 0 saturated carbocycles. The Bertz CT molecular complexity index is 3290. The summed E-state index contributed by atoms with van der Waals surface area (Å²) in [5.41, 5.74) is 13.8. The van der Waals surface area contributed by atoms with Gasteiger partial charge in [0.2, 0.25) is 5.95 Å². The molecule has 0 bridgehead atoms. The fourth-order valence-electron chi connectivity index (χ4n) is 8.46. The molecule has 0 saturated heterocycles. The van der Waals surface area contributed by atoms with Crippen LogP contribution in [0.2, 0.25) is 0 Å². The molecule has 0 atom stereocenters. The normalized spacial score (nSPS) is 12.0. The Labute approximate surface area is 321 Å². The van der Waals surface area contributed by atoms with Crippen LogP contribution in [0.3, 0.4) is 0 Å². The number of fused-ring (bicyclic) bond motifs is 9. The molecular formula is C49H35N5S. The van der Waals surface area contributed by atoms with E-state index in [1.807, 2.05) is 24.5 Å². The van der Waals surface area contributed by atoms with Crippen molar-refractivity contribution in [2.24, 2.45) is 0 Å². The number of hydrogen-bond acceptors (Lipinski definition) is 4. The molecule has 55 heavy (non-hydrogen) atoms. The van der Waals surface area contributed by atoms with Crippen LogP contribution in [-0.2, 0) is 12.8 Å². The quantitative estimate of drug-likeness (QED) is 0.171. The Morgan fingerprint density at radius 2 is 1.13 bits per heavy atom. The lowest BCUT2D eigenvalue weighted by Crippen LogP contribution is -2.02. The van der Waals surface area contributed by atoms with Gasteiger partial charge < -0.3 is 4.57 Å². The van der Waals surface area contributed by atoms with Gasteiger partial charge in [-0.3, -0.25) is 9.55 Å². The highest BCUT2D eigenvalue weighted by atomic mass is 32.1. The summed E-state index contributed by atoms with van der Waals surface area (Å²) in [4.78, 5) is 14.8. The number of rotatable bonds is 6. The van der Waals surface area contributed by atoms with Gasteiger partial charge in [-0.15, -0.1) is 11.3 Å². The minimum Gasteiger partial charge on any atom is -0.309 e. The van der Waals surface area contributed by atoms with Crippen LogP contribution in [0.1, 0.15) is 25.0 Å². The highest BCUT2D eigenvalue weighted by Gasteiger charge is 2.18. The Hall–Kier alpha value is -6.63. The zero-order valence-corrected chi connectivity index (χ0v) is 31.3. The van der Waals surface area contributed by atoms with Crippen LogP contribution in [-0.4, -0.2) is 24.1 Å². The van der Waals surface area contributed by atoms with Crippen molar-refractivity contribution in [2.45, 2.75) is 26.7 Å². The van der Waals surface area contributed by atoms with Crippen molar-refractivity contribution >= 4 is 75.3 Å². The molecule has 5 nitrogen and oxygen atoms in total. The maximum atomic E-state index is 5.18. The average Bonchev–Trinajstić information content (AvgIpc) is 3.90. The third-order valence-electron chi connectivity index (χ3n) is 11.2. The highest BCUT2D eigenvalue weighted by molar-refractivity contribution is 7.25. The summed E-state index contributed by atoms with van der Waals surface area (Å²) < 4.78 is 7.07. The second-order valence-corrected chi connectivity index (χ2v) is 15.4. The summed E-state index contributed by atoms with van der Waals surface area (Å²) >= 11 is 1.80. The van der Waals surface area contributed by atoms with E-state index in [-0.39, 0.29) is 0 Å². The lowest BCUT2D eigenvalue weighted by Gasteiger charge is -2.11. The van der Waals surface area contributed by atoms with Crippen LogP contribution in [0.4, 0.5) is 0 Å². The van der Waals surface area contributed by atoms with Crippen molar-refractivity contribution in [3.63, 3.8) is 0 Å². The molecule has 0 amide bonds. The zero-order valence-electron chi connectivity index (χ0n) is 30.5. The number of hydrogen-bond donors (Lipinski definition) is 0. The Morgan fingerprint density at radius 1 is 0.473 bits per heavy atom. The molecule has 11 aromatic rings. The van der Waals surface area contributed by atoms with Crippen molar-refractivity contribution < 1.29 is 0 Å². The van der Waals surface area contributed by atoms with Gasteiger partial charge in [0, 0.05) is 55.3 Å². The molecule has 0 fully saturated rings. The molecule has 0 unspecified atom stereocenters. The maximum absolute atomic E-state index is 5.18. The first-order valence-electron chi connectivity index (χ1n) is 19.0. The summed E-state index contributed by atoms with van der Waals surface area (Å²) in [6, 6.07) is 50.8. The van der Waals surface area contributed by atoms with Gasteiger partial charge in [0.15, 0.2) is 0 Å². The maximum Gasteiger partial charge on any atom is 0.235 e. The van der Waals surface area contributed by atoms with E-state index in [9.17, 15) is 0 Å². The molecule has 0 radical (unpaired) electrons. The summed E-state index contributed by atoms with van der Waals surface area (Å²) in [5.74, 6) is 0.676. The lowest BCUT2D eigenvalue weighted by molar-refractivity contribution is 0.990. The van der Waals surface area contributed by atoms with Gasteiger partial charge in [0.25, 0.3) is 0 Å². The van der Waals surface area contributed by atoms with E-state index in [0.29, 0.717) is 5.95 Å². The van der Waals surface area contributed by atoms with Crippen molar-refractivity contribution in [3.8, 4) is 34.0 Å². The SMILES string of the molecule is CCc1cc(CC)cc(-c2ccnc(-n3c4ccccc4c4cc(-c5ccc6c(c5)c5ccccc5n6-c5ccc6sc7cccnc7c6c5)ccc43)n2)c1. The van der Waals surface area contributed by atoms with Crippen molar-refractivity contribution in [2.75, 3.05) is 0 Å². The van der Waals surface area contributed by atoms with Gasteiger partial charge in [-0.05, 0) is 120 Å². The molecular weight excluding hydrogens is 691 g/mol. The predicted molar refractivity (Wildman–Crippen MR) is 231 cm³/mol. The van der Waals surface area contributed by atoms with Crippen LogP contribution < -0.4 is 0 Å². The first kappa shape index (κ1) is 31.9.